The van der Waals surface area contributed by atoms with Gasteiger partial charge in [-0.3, -0.25) is 4.79 Å². The van der Waals surface area contributed by atoms with E-state index < -0.39 is 0 Å². The van der Waals surface area contributed by atoms with Crippen molar-refractivity contribution in [3.8, 4) is 0 Å². The SMILES string of the molecule is COC(=O)C(Br)CNCc1ccc(C)o1. The van der Waals surface area contributed by atoms with Crippen LogP contribution >= 0.6 is 15.9 Å². The molecule has 5 heteroatoms. The number of hydrogen-bond donors (Lipinski definition) is 1. The number of methoxy groups -OCH3 is 1. The largest absolute Gasteiger partial charge is 0.468 e. The van der Waals surface area contributed by atoms with E-state index in [9.17, 15) is 4.79 Å². The van der Waals surface area contributed by atoms with Crippen molar-refractivity contribution in [2.24, 2.45) is 0 Å². The zero-order valence-electron chi connectivity index (χ0n) is 8.75. The number of aryl methyl sites for hydroxylation is 1. The third kappa shape index (κ3) is 4.05. The molecule has 84 valence electrons. The van der Waals surface area contributed by atoms with Gasteiger partial charge in [0.1, 0.15) is 16.3 Å². The monoisotopic (exact) mass is 275 g/mol. The van der Waals surface area contributed by atoms with Crippen LogP contribution in [0.15, 0.2) is 16.5 Å². The second kappa shape index (κ2) is 5.92. The normalized spacial score (nSPS) is 12.5. The predicted molar refractivity (Wildman–Crippen MR) is 59.9 cm³/mol. The number of furan rings is 1. The molecular formula is C10H14BrNO3. The quantitative estimate of drug-likeness (QED) is 0.655. The van der Waals surface area contributed by atoms with E-state index in [1.165, 1.54) is 7.11 Å². The summed E-state index contributed by atoms with van der Waals surface area (Å²) in [6.45, 7) is 3.00. The average molecular weight is 276 g/mol. The Kier molecular flexibility index (Phi) is 4.84. The third-order valence-corrected chi connectivity index (χ3v) is 2.57. The van der Waals surface area contributed by atoms with Crippen molar-refractivity contribution < 1.29 is 13.9 Å². The molecule has 4 nitrogen and oxygen atoms in total. The van der Waals surface area contributed by atoms with Crippen molar-refractivity contribution in [1.82, 2.24) is 5.32 Å². The Labute approximate surface area is 97.1 Å². The van der Waals surface area contributed by atoms with E-state index in [4.69, 9.17) is 4.42 Å². The number of nitrogens with one attached hydrogen (secondary N) is 1. The van der Waals surface area contributed by atoms with E-state index in [0.717, 1.165) is 11.5 Å². The van der Waals surface area contributed by atoms with E-state index in [1.54, 1.807) is 0 Å². The van der Waals surface area contributed by atoms with Crippen molar-refractivity contribution in [3.05, 3.63) is 23.7 Å². The summed E-state index contributed by atoms with van der Waals surface area (Å²) < 4.78 is 9.93. The molecule has 1 aromatic heterocycles. The topological polar surface area (TPSA) is 51.5 Å². The molecule has 0 aliphatic heterocycles. The first kappa shape index (κ1) is 12.3. The fourth-order valence-electron chi connectivity index (χ4n) is 1.11. The summed E-state index contributed by atoms with van der Waals surface area (Å²) in [5.74, 6) is 1.46. The molecule has 0 aliphatic carbocycles. The Bertz CT molecular complexity index is 324. The molecule has 0 amide bonds. The predicted octanol–water partition coefficient (Wildman–Crippen LogP) is 1.61. The molecule has 1 heterocycles. The van der Waals surface area contributed by atoms with Crippen LogP contribution in [0.25, 0.3) is 0 Å². The summed E-state index contributed by atoms with van der Waals surface area (Å²) in [4.78, 5) is 10.7. The maximum atomic E-state index is 11.0. The summed E-state index contributed by atoms with van der Waals surface area (Å²) in [6, 6.07) is 3.81. The number of ether oxygens (including phenoxy) is 1. The van der Waals surface area contributed by atoms with Gasteiger partial charge in [-0.25, -0.2) is 0 Å². The Morgan fingerprint density at radius 1 is 1.67 bits per heavy atom. The van der Waals surface area contributed by atoms with E-state index in [1.807, 2.05) is 19.1 Å². The standard InChI is InChI=1S/C10H14BrNO3/c1-7-3-4-8(15-7)5-12-6-9(11)10(13)14-2/h3-4,9,12H,5-6H2,1-2H3. The molecule has 0 radical (unpaired) electrons. The maximum Gasteiger partial charge on any atom is 0.320 e. The number of rotatable bonds is 5. The lowest BCUT2D eigenvalue weighted by atomic mass is 10.4. The van der Waals surface area contributed by atoms with Gasteiger partial charge in [-0.05, 0) is 19.1 Å². The minimum absolute atomic E-state index is 0.280. The number of alkyl halides is 1. The first-order chi connectivity index (χ1) is 7.13. The molecular weight excluding hydrogens is 262 g/mol. The van der Waals surface area contributed by atoms with E-state index >= 15 is 0 Å². The second-order valence-electron chi connectivity index (χ2n) is 3.13. The van der Waals surface area contributed by atoms with Gasteiger partial charge < -0.3 is 14.5 Å². The Morgan fingerprint density at radius 2 is 2.40 bits per heavy atom. The summed E-state index contributed by atoms with van der Waals surface area (Å²) in [5, 5.41) is 3.09. The van der Waals surface area contributed by atoms with Gasteiger partial charge in [0.05, 0.1) is 13.7 Å². The van der Waals surface area contributed by atoms with Gasteiger partial charge in [-0.2, -0.15) is 0 Å². The average Bonchev–Trinajstić information content (AvgIpc) is 2.63. The molecule has 0 aliphatic rings. The lowest BCUT2D eigenvalue weighted by molar-refractivity contribution is -0.139. The maximum absolute atomic E-state index is 11.0. The van der Waals surface area contributed by atoms with Crippen LogP contribution in [0, 0.1) is 6.92 Å². The highest BCUT2D eigenvalue weighted by molar-refractivity contribution is 9.10. The molecule has 1 N–H and O–H groups in total. The van der Waals surface area contributed by atoms with E-state index in [-0.39, 0.29) is 10.8 Å². The highest BCUT2D eigenvalue weighted by Crippen LogP contribution is 2.06. The molecule has 1 atom stereocenters. The Balaban J connectivity index is 2.24. The molecule has 0 fully saturated rings. The molecule has 0 bridgehead atoms. The van der Waals surface area contributed by atoms with Gasteiger partial charge in [0.25, 0.3) is 0 Å². The number of hydrogen-bond acceptors (Lipinski definition) is 4. The van der Waals surface area contributed by atoms with Crippen LogP contribution in [0.3, 0.4) is 0 Å². The highest BCUT2D eigenvalue weighted by Gasteiger charge is 2.14. The van der Waals surface area contributed by atoms with Crippen LogP contribution < -0.4 is 5.32 Å². The Morgan fingerprint density at radius 3 is 2.93 bits per heavy atom. The zero-order chi connectivity index (χ0) is 11.3. The van der Waals surface area contributed by atoms with Gasteiger partial charge >= 0.3 is 5.97 Å². The number of esters is 1. The first-order valence-corrected chi connectivity index (χ1v) is 5.53. The van der Waals surface area contributed by atoms with Crippen molar-refractivity contribution >= 4 is 21.9 Å². The van der Waals surface area contributed by atoms with Crippen molar-refractivity contribution in [2.45, 2.75) is 18.3 Å². The molecule has 0 aromatic carbocycles. The minimum Gasteiger partial charge on any atom is -0.468 e. The second-order valence-corrected chi connectivity index (χ2v) is 4.24. The summed E-state index contributed by atoms with van der Waals surface area (Å²) in [6.07, 6.45) is 0. The lowest BCUT2D eigenvalue weighted by Crippen LogP contribution is -2.29. The molecule has 15 heavy (non-hydrogen) atoms. The smallest absolute Gasteiger partial charge is 0.320 e. The lowest BCUT2D eigenvalue weighted by Gasteiger charge is -2.07. The molecule has 0 saturated carbocycles. The van der Waals surface area contributed by atoms with Crippen LogP contribution in [-0.4, -0.2) is 24.5 Å². The molecule has 1 unspecified atom stereocenters. The number of halogens is 1. The van der Waals surface area contributed by atoms with Crippen LogP contribution in [0.2, 0.25) is 0 Å². The fraction of sp³-hybridized carbons (Fsp3) is 0.500. The zero-order valence-corrected chi connectivity index (χ0v) is 10.3. The van der Waals surface area contributed by atoms with Gasteiger partial charge in [0.2, 0.25) is 0 Å². The molecule has 1 aromatic rings. The van der Waals surface area contributed by atoms with Crippen molar-refractivity contribution in [1.29, 1.82) is 0 Å². The summed E-state index contributed by atoms with van der Waals surface area (Å²) >= 11 is 3.21. The molecule has 1 rings (SSSR count). The Hall–Kier alpha value is -0.810. The summed E-state index contributed by atoms with van der Waals surface area (Å²) in [5.41, 5.74) is 0. The number of carbonyl (C=O) groups is 1. The first-order valence-electron chi connectivity index (χ1n) is 4.61. The molecule has 0 spiro atoms. The minimum atomic E-state index is -0.321. The van der Waals surface area contributed by atoms with Gasteiger partial charge in [-0.1, -0.05) is 15.9 Å². The fourth-order valence-corrected chi connectivity index (χ4v) is 1.53. The van der Waals surface area contributed by atoms with Crippen LogP contribution in [0.5, 0.6) is 0 Å². The van der Waals surface area contributed by atoms with Crippen molar-refractivity contribution in [3.63, 3.8) is 0 Å². The van der Waals surface area contributed by atoms with Crippen molar-refractivity contribution in [2.75, 3.05) is 13.7 Å². The third-order valence-electron chi connectivity index (χ3n) is 1.88. The van der Waals surface area contributed by atoms with Gasteiger partial charge in [-0.15, -0.1) is 0 Å². The summed E-state index contributed by atoms with van der Waals surface area (Å²) in [7, 11) is 1.37. The molecule has 0 saturated heterocycles. The van der Waals surface area contributed by atoms with Gasteiger partial charge in [0.15, 0.2) is 0 Å². The highest BCUT2D eigenvalue weighted by atomic mass is 79.9. The van der Waals surface area contributed by atoms with E-state index in [2.05, 4.69) is 26.0 Å². The number of carbonyl (C=O) groups excluding carboxylic acids is 1. The van der Waals surface area contributed by atoms with Crippen LogP contribution in [-0.2, 0) is 16.1 Å². The van der Waals surface area contributed by atoms with Crippen LogP contribution in [0.4, 0.5) is 0 Å². The van der Waals surface area contributed by atoms with Crippen LogP contribution in [0.1, 0.15) is 11.5 Å². The van der Waals surface area contributed by atoms with Gasteiger partial charge in [0, 0.05) is 6.54 Å². The van der Waals surface area contributed by atoms with E-state index in [0.29, 0.717) is 13.1 Å².